The standard InChI is InChI=1S/C24H19ClN4O4/c25-20-6-4-17(5-7-20)15-28-13-12-23(27-28)26-24(30)19-3-1-2-18(14-19)16-33-22-10-8-21(9-11-22)29(31)32/h1-14H,15-16H2,(H,26,27,30). The molecule has 1 heterocycles. The molecule has 3 aromatic carbocycles. The Bertz CT molecular complexity index is 1270. The van der Waals surface area contributed by atoms with Crippen molar-refractivity contribution in [2.24, 2.45) is 0 Å². The van der Waals surface area contributed by atoms with E-state index in [1.165, 1.54) is 24.3 Å². The topological polar surface area (TPSA) is 99.3 Å². The van der Waals surface area contributed by atoms with E-state index in [1.54, 1.807) is 35.1 Å². The highest BCUT2D eigenvalue weighted by Gasteiger charge is 2.10. The molecular formula is C24H19ClN4O4. The summed E-state index contributed by atoms with van der Waals surface area (Å²) in [5.74, 6) is 0.659. The van der Waals surface area contributed by atoms with E-state index in [0.29, 0.717) is 28.7 Å². The maximum absolute atomic E-state index is 12.7. The fourth-order valence-corrected chi connectivity index (χ4v) is 3.24. The summed E-state index contributed by atoms with van der Waals surface area (Å²) >= 11 is 5.91. The lowest BCUT2D eigenvalue weighted by molar-refractivity contribution is -0.384. The minimum Gasteiger partial charge on any atom is -0.489 e. The highest BCUT2D eigenvalue weighted by Crippen LogP contribution is 2.19. The molecule has 0 bridgehead atoms. The van der Waals surface area contributed by atoms with Gasteiger partial charge in [0.1, 0.15) is 12.4 Å². The smallest absolute Gasteiger partial charge is 0.269 e. The maximum Gasteiger partial charge on any atom is 0.269 e. The molecule has 0 fully saturated rings. The highest BCUT2D eigenvalue weighted by atomic mass is 35.5. The lowest BCUT2D eigenvalue weighted by Gasteiger charge is -2.08. The van der Waals surface area contributed by atoms with Crippen molar-refractivity contribution < 1.29 is 14.5 Å². The number of benzene rings is 3. The van der Waals surface area contributed by atoms with E-state index in [4.69, 9.17) is 16.3 Å². The van der Waals surface area contributed by atoms with E-state index in [-0.39, 0.29) is 18.2 Å². The fourth-order valence-electron chi connectivity index (χ4n) is 3.11. The molecule has 0 aliphatic carbocycles. The van der Waals surface area contributed by atoms with E-state index in [0.717, 1.165) is 11.1 Å². The third kappa shape index (κ3) is 5.96. The van der Waals surface area contributed by atoms with Gasteiger partial charge in [0, 0.05) is 35.0 Å². The van der Waals surface area contributed by atoms with Crippen LogP contribution in [0, 0.1) is 10.1 Å². The number of nitro benzene ring substituents is 1. The first-order valence-corrected chi connectivity index (χ1v) is 10.4. The Morgan fingerprint density at radius 1 is 1.03 bits per heavy atom. The Kier molecular flexibility index (Phi) is 6.66. The largest absolute Gasteiger partial charge is 0.489 e. The molecule has 0 atom stereocenters. The normalized spacial score (nSPS) is 10.6. The quantitative estimate of drug-likeness (QED) is 0.282. The zero-order chi connectivity index (χ0) is 23.2. The van der Waals surface area contributed by atoms with Crippen LogP contribution in [0.1, 0.15) is 21.5 Å². The van der Waals surface area contributed by atoms with Gasteiger partial charge in [0.05, 0.1) is 11.5 Å². The molecule has 4 aromatic rings. The molecule has 9 heteroatoms. The Morgan fingerprint density at radius 2 is 1.79 bits per heavy atom. The summed E-state index contributed by atoms with van der Waals surface area (Å²) < 4.78 is 7.40. The summed E-state index contributed by atoms with van der Waals surface area (Å²) in [7, 11) is 0. The average molecular weight is 463 g/mol. The molecule has 0 saturated heterocycles. The number of ether oxygens (including phenoxy) is 1. The van der Waals surface area contributed by atoms with Crippen molar-refractivity contribution in [2.45, 2.75) is 13.2 Å². The number of halogens is 1. The monoisotopic (exact) mass is 462 g/mol. The Hall–Kier alpha value is -4.17. The number of hydrogen-bond donors (Lipinski definition) is 1. The number of carbonyl (C=O) groups excluding carboxylic acids is 1. The molecule has 1 aromatic heterocycles. The van der Waals surface area contributed by atoms with E-state index in [9.17, 15) is 14.9 Å². The van der Waals surface area contributed by atoms with Gasteiger partial charge in [-0.25, -0.2) is 0 Å². The highest BCUT2D eigenvalue weighted by molar-refractivity contribution is 6.30. The second kappa shape index (κ2) is 9.97. The van der Waals surface area contributed by atoms with Gasteiger partial charge in [-0.05, 0) is 47.5 Å². The van der Waals surface area contributed by atoms with Crippen LogP contribution < -0.4 is 10.1 Å². The molecule has 0 unspecified atom stereocenters. The molecule has 4 rings (SSSR count). The molecule has 0 aliphatic heterocycles. The van der Waals surface area contributed by atoms with Gasteiger partial charge in [0.25, 0.3) is 11.6 Å². The number of rotatable bonds is 8. The van der Waals surface area contributed by atoms with Gasteiger partial charge in [-0.1, -0.05) is 35.9 Å². The summed E-state index contributed by atoms with van der Waals surface area (Å²) in [5.41, 5.74) is 2.29. The van der Waals surface area contributed by atoms with Crippen LogP contribution in [0.15, 0.2) is 85.1 Å². The number of carbonyl (C=O) groups is 1. The minimum absolute atomic E-state index is 0.00312. The number of nitro groups is 1. The minimum atomic E-state index is -0.466. The molecule has 33 heavy (non-hydrogen) atoms. The molecule has 0 saturated carbocycles. The number of aromatic nitrogens is 2. The molecule has 0 spiro atoms. The van der Waals surface area contributed by atoms with Gasteiger partial charge in [-0.15, -0.1) is 0 Å². The van der Waals surface area contributed by atoms with Gasteiger partial charge in [-0.3, -0.25) is 19.6 Å². The maximum atomic E-state index is 12.7. The van der Waals surface area contributed by atoms with Gasteiger partial charge in [0.2, 0.25) is 0 Å². The second-order valence-electron chi connectivity index (χ2n) is 7.22. The van der Waals surface area contributed by atoms with Crippen LogP contribution in [0.2, 0.25) is 5.02 Å². The van der Waals surface area contributed by atoms with E-state index in [1.807, 2.05) is 30.3 Å². The van der Waals surface area contributed by atoms with Gasteiger partial charge < -0.3 is 10.1 Å². The lowest BCUT2D eigenvalue weighted by Crippen LogP contribution is -2.13. The SMILES string of the molecule is O=C(Nc1ccn(Cc2ccc(Cl)cc2)n1)c1cccc(COc2ccc([N+](=O)[O-])cc2)c1. The van der Waals surface area contributed by atoms with Crippen LogP contribution >= 0.6 is 11.6 Å². The molecule has 8 nitrogen and oxygen atoms in total. The van der Waals surface area contributed by atoms with Crippen LogP contribution in [0.4, 0.5) is 11.5 Å². The van der Waals surface area contributed by atoms with Gasteiger partial charge in [-0.2, -0.15) is 5.10 Å². The number of amides is 1. The van der Waals surface area contributed by atoms with Crippen molar-refractivity contribution in [2.75, 3.05) is 5.32 Å². The average Bonchev–Trinajstić information content (AvgIpc) is 3.26. The zero-order valence-electron chi connectivity index (χ0n) is 17.3. The number of non-ortho nitro benzene ring substituents is 1. The molecule has 1 N–H and O–H groups in total. The first-order valence-electron chi connectivity index (χ1n) is 10.0. The van der Waals surface area contributed by atoms with Crippen LogP contribution in [0.3, 0.4) is 0 Å². The van der Waals surface area contributed by atoms with Gasteiger partial charge >= 0.3 is 0 Å². The van der Waals surface area contributed by atoms with Crippen LogP contribution in [0.5, 0.6) is 5.75 Å². The third-order valence-electron chi connectivity index (χ3n) is 4.78. The van der Waals surface area contributed by atoms with Crippen LogP contribution in [0.25, 0.3) is 0 Å². The molecular weight excluding hydrogens is 444 g/mol. The second-order valence-corrected chi connectivity index (χ2v) is 7.66. The van der Waals surface area contributed by atoms with E-state index in [2.05, 4.69) is 10.4 Å². The van der Waals surface area contributed by atoms with Crippen molar-refractivity contribution in [1.82, 2.24) is 9.78 Å². The Balaban J connectivity index is 1.35. The van der Waals surface area contributed by atoms with Crippen LogP contribution in [-0.4, -0.2) is 20.6 Å². The van der Waals surface area contributed by atoms with Crippen molar-refractivity contribution in [3.63, 3.8) is 0 Å². The molecule has 0 aliphatic rings. The van der Waals surface area contributed by atoms with Crippen molar-refractivity contribution >= 4 is 29.0 Å². The first kappa shape index (κ1) is 22.0. The fraction of sp³-hybridized carbons (Fsp3) is 0.0833. The number of nitrogens with one attached hydrogen (secondary N) is 1. The number of hydrogen-bond acceptors (Lipinski definition) is 5. The number of anilines is 1. The van der Waals surface area contributed by atoms with Gasteiger partial charge in [0.15, 0.2) is 5.82 Å². The summed E-state index contributed by atoms with van der Waals surface area (Å²) in [5, 5.41) is 18.6. The Morgan fingerprint density at radius 3 is 2.52 bits per heavy atom. The third-order valence-corrected chi connectivity index (χ3v) is 5.03. The van der Waals surface area contributed by atoms with Crippen molar-refractivity contribution in [3.8, 4) is 5.75 Å². The van der Waals surface area contributed by atoms with Crippen molar-refractivity contribution in [3.05, 3.63) is 117 Å². The summed E-state index contributed by atoms with van der Waals surface area (Å²) in [6.45, 7) is 0.775. The summed E-state index contributed by atoms with van der Waals surface area (Å²) in [6.07, 6.45) is 1.79. The Labute approximate surface area is 194 Å². The lowest BCUT2D eigenvalue weighted by atomic mass is 10.1. The van der Waals surface area contributed by atoms with Crippen molar-refractivity contribution in [1.29, 1.82) is 0 Å². The predicted octanol–water partition coefficient (Wildman–Crippen LogP) is 5.32. The summed E-state index contributed by atoms with van der Waals surface area (Å²) in [6, 6.07) is 22.1. The first-order chi connectivity index (χ1) is 16.0. The van der Waals surface area contributed by atoms with Crippen LogP contribution in [-0.2, 0) is 13.2 Å². The molecule has 166 valence electrons. The van der Waals surface area contributed by atoms with E-state index >= 15 is 0 Å². The summed E-state index contributed by atoms with van der Waals surface area (Å²) in [4.78, 5) is 22.9. The number of nitrogens with zero attached hydrogens (tertiary/aromatic N) is 3. The molecule has 1 amide bonds. The molecule has 0 radical (unpaired) electrons. The van der Waals surface area contributed by atoms with E-state index < -0.39 is 4.92 Å². The predicted molar refractivity (Wildman–Crippen MR) is 125 cm³/mol. The zero-order valence-corrected chi connectivity index (χ0v) is 18.1.